The van der Waals surface area contributed by atoms with E-state index >= 15 is 0 Å². The summed E-state index contributed by atoms with van der Waals surface area (Å²) in [6.45, 7) is 12.4. The van der Waals surface area contributed by atoms with E-state index in [2.05, 4.69) is 16.0 Å². The molecule has 0 fully saturated rings. The number of nitrogens with two attached hydrogens (primary N) is 1. The highest BCUT2D eigenvalue weighted by molar-refractivity contribution is 6.05. The number of unbranched alkanes of at least 4 members (excludes halogenated alkanes) is 1. The number of amides is 4. The van der Waals surface area contributed by atoms with Crippen LogP contribution in [-0.2, 0) is 9.47 Å². The van der Waals surface area contributed by atoms with Crippen LogP contribution in [0.5, 0.6) is 0 Å². The maximum absolute atomic E-state index is 12.8. The summed E-state index contributed by atoms with van der Waals surface area (Å²) in [7, 11) is 0. The van der Waals surface area contributed by atoms with Gasteiger partial charge in [0.05, 0.1) is 0 Å². The Kier molecular flexibility index (Phi) is 12.6. The van der Waals surface area contributed by atoms with Crippen LogP contribution in [0.15, 0.2) is 48.5 Å². The SMILES string of the molecule is CC(C)(C)OC(=O)NCCCCN(CCCNC(=O)c1cccc(NC(=O)c2cccc(N)c2)c1)C(=O)OC(C)(C)C. The van der Waals surface area contributed by atoms with Gasteiger partial charge in [-0.1, -0.05) is 12.1 Å². The third-order valence-corrected chi connectivity index (χ3v) is 5.60. The number of alkyl carbamates (subject to hydrolysis) is 1. The number of hydrogen-bond donors (Lipinski definition) is 4. The summed E-state index contributed by atoms with van der Waals surface area (Å²) in [5.74, 6) is -0.630. The van der Waals surface area contributed by atoms with E-state index in [1.165, 1.54) is 0 Å². The largest absolute Gasteiger partial charge is 0.444 e. The van der Waals surface area contributed by atoms with Gasteiger partial charge in [0.2, 0.25) is 0 Å². The van der Waals surface area contributed by atoms with E-state index in [4.69, 9.17) is 15.2 Å². The monoisotopic (exact) mass is 583 g/mol. The molecule has 0 aliphatic heterocycles. The number of benzene rings is 2. The molecular weight excluding hydrogens is 538 g/mol. The molecule has 230 valence electrons. The highest BCUT2D eigenvalue weighted by Gasteiger charge is 2.22. The van der Waals surface area contributed by atoms with Gasteiger partial charge in [-0.25, -0.2) is 9.59 Å². The van der Waals surface area contributed by atoms with E-state index in [1.54, 1.807) is 95.0 Å². The second-order valence-corrected chi connectivity index (χ2v) is 11.9. The van der Waals surface area contributed by atoms with Crippen LogP contribution in [0, 0.1) is 0 Å². The van der Waals surface area contributed by atoms with Gasteiger partial charge in [-0.05, 0) is 97.2 Å². The number of nitrogens with one attached hydrogen (secondary N) is 3. The standard InChI is InChI=1S/C31H45N5O6/c1-30(2,3)41-28(39)34-16-7-8-18-36(29(40)42-31(4,5)6)19-11-17-33-26(37)23-13-10-15-25(21-23)35-27(38)22-12-9-14-24(32)20-22/h9-10,12-15,20-21H,7-8,11,16-19,32H2,1-6H3,(H,33,37)(H,34,39)(H,35,38). The predicted molar refractivity (Wildman–Crippen MR) is 163 cm³/mol. The van der Waals surface area contributed by atoms with Crippen LogP contribution in [0.25, 0.3) is 0 Å². The first kappa shape index (κ1) is 33.9. The van der Waals surface area contributed by atoms with Gasteiger partial charge in [-0.15, -0.1) is 0 Å². The maximum atomic E-state index is 12.8. The Morgan fingerprint density at radius 3 is 1.98 bits per heavy atom. The molecule has 0 aromatic heterocycles. The van der Waals surface area contributed by atoms with Crippen molar-refractivity contribution in [3.63, 3.8) is 0 Å². The van der Waals surface area contributed by atoms with Gasteiger partial charge in [-0.3, -0.25) is 9.59 Å². The zero-order chi connectivity index (χ0) is 31.3. The highest BCUT2D eigenvalue weighted by Crippen LogP contribution is 2.15. The fourth-order valence-electron chi connectivity index (χ4n) is 3.75. The van der Waals surface area contributed by atoms with Crippen molar-refractivity contribution >= 4 is 35.4 Å². The molecule has 0 radical (unpaired) electrons. The van der Waals surface area contributed by atoms with Crippen molar-refractivity contribution in [1.29, 1.82) is 0 Å². The van der Waals surface area contributed by atoms with Crippen LogP contribution in [0.4, 0.5) is 21.0 Å². The molecule has 0 bridgehead atoms. The van der Waals surface area contributed by atoms with Crippen molar-refractivity contribution in [2.45, 2.75) is 72.0 Å². The minimum Gasteiger partial charge on any atom is -0.444 e. The van der Waals surface area contributed by atoms with Gasteiger partial charge in [0.1, 0.15) is 11.2 Å². The summed E-state index contributed by atoms with van der Waals surface area (Å²) in [4.78, 5) is 51.5. The first-order chi connectivity index (χ1) is 19.6. The Hall–Kier alpha value is -4.28. The quantitative estimate of drug-likeness (QED) is 0.198. The van der Waals surface area contributed by atoms with E-state index in [9.17, 15) is 19.2 Å². The molecule has 2 rings (SSSR count). The first-order valence-corrected chi connectivity index (χ1v) is 14.1. The second-order valence-electron chi connectivity index (χ2n) is 11.9. The number of rotatable bonds is 12. The van der Waals surface area contributed by atoms with Gasteiger partial charge < -0.3 is 36.1 Å². The topological polar surface area (TPSA) is 152 Å². The van der Waals surface area contributed by atoms with E-state index < -0.39 is 23.4 Å². The average molecular weight is 584 g/mol. The Morgan fingerprint density at radius 2 is 1.33 bits per heavy atom. The molecule has 0 heterocycles. The summed E-state index contributed by atoms with van der Waals surface area (Å²) >= 11 is 0. The van der Waals surface area contributed by atoms with Gasteiger partial charge in [0.25, 0.3) is 11.8 Å². The van der Waals surface area contributed by atoms with E-state index in [-0.39, 0.29) is 11.8 Å². The molecule has 0 aliphatic rings. The van der Waals surface area contributed by atoms with Crippen molar-refractivity contribution in [2.75, 3.05) is 37.2 Å². The number of carbonyl (C=O) groups excluding carboxylic acids is 4. The molecule has 0 unspecified atom stereocenters. The molecule has 0 saturated carbocycles. The van der Waals surface area contributed by atoms with Crippen molar-refractivity contribution in [1.82, 2.24) is 15.5 Å². The second kappa shape index (κ2) is 15.6. The molecular formula is C31H45N5O6. The molecule has 42 heavy (non-hydrogen) atoms. The summed E-state index contributed by atoms with van der Waals surface area (Å²) in [6.07, 6.45) is 0.900. The number of ether oxygens (including phenoxy) is 2. The number of hydrogen-bond acceptors (Lipinski definition) is 7. The molecule has 11 heteroatoms. The van der Waals surface area contributed by atoms with Crippen molar-refractivity contribution in [2.24, 2.45) is 0 Å². The number of anilines is 2. The van der Waals surface area contributed by atoms with E-state index in [1.807, 2.05) is 0 Å². The van der Waals surface area contributed by atoms with Crippen molar-refractivity contribution < 1.29 is 28.7 Å². The van der Waals surface area contributed by atoms with Crippen LogP contribution in [-0.4, -0.2) is 66.3 Å². The lowest BCUT2D eigenvalue weighted by atomic mass is 10.1. The first-order valence-electron chi connectivity index (χ1n) is 14.1. The van der Waals surface area contributed by atoms with E-state index in [0.717, 1.165) is 0 Å². The molecule has 0 spiro atoms. The van der Waals surface area contributed by atoms with Crippen LogP contribution < -0.4 is 21.7 Å². The predicted octanol–water partition coefficient (Wildman–Crippen LogP) is 5.18. The number of nitrogens with zero attached hydrogens (tertiary/aromatic N) is 1. The summed E-state index contributed by atoms with van der Waals surface area (Å²) in [5.41, 5.74) is 6.32. The van der Waals surface area contributed by atoms with Crippen molar-refractivity contribution in [3.05, 3.63) is 59.7 Å². The molecule has 2 aromatic rings. The molecule has 5 N–H and O–H groups in total. The fourth-order valence-corrected chi connectivity index (χ4v) is 3.75. The Bertz CT molecular complexity index is 1220. The molecule has 0 atom stereocenters. The van der Waals surface area contributed by atoms with Gasteiger partial charge in [-0.2, -0.15) is 0 Å². The minimum atomic E-state index is -0.643. The molecule has 0 aliphatic carbocycles. The summed E-state index contributed by atoms with van der Waals surface area (Å²) < 4.78 is 10.8. The maximum Gasteiger partial charge on any atom is 0.410 e. The lowest BCUT2D eigenvalue weighted by molar-refractivity contribution is 0.0243. The molecule has 2 aromatic carbocycles. The van der Waals surface area contributed by atoms with Gasteiger partial charge in [0.15, 0.2) is 0 Å². The van der Waals surface area contributed by atoms with Crippen molar-refractivity contribution in [3.8, 4) is 0 Å². The third-order valence-electron chi connectivity index (χ3n) is 5.60. The van der Waals surface area contributed by atoms with Crippen LogP contribution in [0.2, 0.25) is 0 Å². The molecule has 0 saturated heterocycles. The summed E-state index contributed by atoms with van der Waals surface area (Å²) in [6, 6.07) is 13.3. The van der Waals surface area contributed by atoms with Gasteiger partial charge >= 0.3 is 12.2 Å². The zero-order valence-corrected chi connectivity index (χ0v) is 25.5. The normalized spacial score (nSPS) is 11.3. The smallest absolute Gasteiger partial charge is 0.410 e. The fraction of sp³-hybridized carbons (Fsp3) is 0.484. The lowest BCUT2D eigenvalue weighted by Gasteiger charge is -2.27. The zero-order valence-electron chi connectivity index (χ0n) is 25.5. The Balaban J connectivity index is 1.84. The summed E-state index contributed by atoms with van der Waals surface area (Å²) in [5, 5.41) is 8.35. The highest BCUT2D eigenvalue weighted by atomic mass is 16.6. The Morgan fingerprint density at radius 1 is 0.738 bits per heavy atom. The van der Waals surface area contributed by atoms with Crippen LogP contribution in [0.3, 0.4) is 0 Å². The van der Waals surface area contributed by atoms with E-state index in [0.29, 0.717) is 67.9 Å². The number of nitrogen functional groups attached to an aromatic ring is 1. The van der Waals surface area contributed by atoms with Crippen LogP contribution in [0.1, 0.15) is 81.5 Å². The third kappa shape index (κ3) is 13.4. The van der Waals surface area contributed by atoms with Gasteiger partial charge in [0, 0.05) is 48.7 Å². The number of carbonyl (C=O) groups is 4. The van der Waals surface area contributed by atoms with Crippen LogP contribution >= 0.6 is 0 Å². The lowest BCUT2D eigenvalue weighted by Crippen LogP contribution is -2.39. The molecule has 11 nitrogen and oxygen atoms in total. The Labute approximate surface area is 248 Å². The average Bonchev–Trinajstić information content (AvgIpc) is 2.87. The minimum absolute atomic E-state index is 0.299. The molecule has 4 amide bonds.